The summed E-state index contributed by atoms with van der Waals surface area (Å²) >= 11 is 0. The van der Waals surface area contributed by atoms with E-state index in [4.69, 9.17) is 4.42 Å². The van der Waals surface area contributed by atoms with Crippen LogP contribution < -0.4 is 5.32 Å². The van der Waals surface area contributed by atoms with Crippen molar-refractivity contribution in [3.8, 4) is 0 Å². The molecule has 19 heavy (non-hydrogen) atoms. The summed E-state index contributed by atoms with van der Waals surface area (Å²) in [5.74, 6) is 1.30. The van der Waals surface area contributed by atoms with Crippen LogP contribution in [0.3, 0.4) is 0 Å². The summed E-state index contributed by atoms with van der Waals surface area (Å²) in [6.07, 6.45) is 0.685. The number of aromatic nitrogens is 2. The zero-order chi connectivity index (χ0) is 13.9. The number of hydrogen-bond donors (Lipinski definition) is 1. The van der Waals surface area contributed by atoms with Crippen molar-refractivity contribution in [2.24, 2.45) is 0 Å². The first-order valence-corrected chi connectivity index (χ1v) is 6.54. The molecule has 0 aliphatic carbocycles. The molecular formula is C15H21N3O. The highest BCUT2D eigenvalue weighted by Gasteiger charge is 2.12. The van der Waals surface area contributed by atoms with Crippen LogP contribution >= 0.6 is 0 Å². The molecule has 1 N–H and O–H groups in total. The average Bonchev–Trinajstić information content (AvgIpc) is 2.73. The van der Waals surface area contributed by atoms with Crippen molar-refractivity contribution in [3.05, 3.63) is 47.2 Å². The number of benzene rings is 1. The third-order valence-electron chi connectivity index (χ3n) is 2.72. The highest BCUT2D eigenvalue weighted by atomic mass is 16.4. The predicted octanol–water partition coefficient (Wildman–Crippen LogP) is 2.86. The predicted molar refractivity (Wildman–Crippen MR) is 74.9 cm³/mol. The van der Waals surface area contributed by atoms with Gasteiger partial charge in [0, 0.05) is 5.54 Å². The second-order valence-electron chi connectivity index (χ2n) is 5.86. The molecule has 0 aliphatic rings. The van der Waals surface area contributed by atoms with Gasteiger partial charge in [-0.1, -0.05) is 29.8 Å². The number of nitrogens with one attached hydrogen (secondary N) is 1. The van der Waals surface area contributed by atoms with Gasteiger partial charge in [0.1, 0.15) is 0 Å². The van der Waals surface area contributed by atoms with Crippen LogP contribution in [0.25, 0.3) is 0 Å². The largest absolute Gasteiger partial charge is 0.424 e. The zero-order valence-electron chi connectivity index (χ0n) is 12.0. The molecule has 102 valence electrons. The Morgan fingerprint density at radius 3 is 2.58 bits per heavy atom. The van der Waals surface area contributed by atoms with Gasteiger partial charge in [0.15, 0.2) is 0 Å². The Morgan fingerprint density at radius 2 is 1.89 bits per heavy atom. The Labute approximate surface area is 114 Å². The highest BCUT2D eigenvalue weighted by Crippen LogP contribution is 2.11. The Kier molecular flexibility index (Phi) is 4.00. The quantitative estimate of drug-likeness (QED) is 0.917. The molecule has 4 heteroatoms. The zero-order valence-corrected chi connectivity index (χ0v) is 12.0. The fraction of sp³-hybridized carbons (Fsp3) is 0.467. The molecule has 2 aromatic rings. The van der Waals surface area contributed by atoms with Crippen LogP contribution in [-0.4, -0.2) is 15.7 Å². The highest BCUT2D eigenvalue weighted by molar-refractivity contribution is 5.24. The van der Waals surface area contributed by atoms with E-state index < -0.39 is 0 Å². The van der Waals surface area contributed by atoms with Crippen LogP contribution in [0, 0.1) is 6.92 Å². The van der Waals surface area contributed by atoms with Crippen molar-refractivity contribution >= 4 is 0 Å². The summed E-state index contributed by atoms with van der Waals surface area (Å²) in [6, 6.07) is 8.33. The smallest absolute Gasteiger partial charge is 0.230 e. The van der Waals surface area contributed by atoms with Gasteiger partial charge in [0.25, 0.3) is 0 Å². The van der Waals surface area contributed by atoms with E-state index in [0.29, 0.717) is 24.7 Å². The minimum atomic E-state index is 0.0468. The van der Waals surface area contributed by atoms with Crippen LogP contribution in [0.15, 0.2) is 28.7 Å². The molecule has 1 aromatic heterocycles. The minimum absolute atomic E-state index is 0.0468. The fourth-order valence-corrected chi connectivity index (χ4v) is 1.77. The van der Waals surface area contributed by atoms with Crippen LogP contribution in [-0.2, 0) is 13.0 Å². The van der Waals surface area contributed by atoms with Gasteiger partial charge in [-0.2, -0.15) is 0 Å². The first kappa shape index (κ1) is 13.7. The van der Waals surface area contributed by atoms with E-state index in [2.05, 4.69) is 61.4 Å². The van der Waals surface area contributed by atoms with E-state index in [1.165, 1.54) is 11.1 Å². The lowest BCUT2D eigenvalue weighted by Gasteiger charge is -2.18. The monoisotopic (exact) mass is 259 g/mol. The molecule has 0 amide bonds. The summed E-state index contributed by atoms with van der Waals surface area (Å²) in [4.78, 5) is 0. The summed E-state index contributed by atoms with van der Waals surface area (Å²) in [6.45, 7) is 9.01. The molecule has 0 bridgehead atoms. The minimum Gasteiger partial charge on any atom is -0.424 e. The van der Waals surface area contributed by atoms with Gasteiger partial charge in [-0.25, -0.2) is 0 Å². The molecule has 0 fully saturated rings. The SMILES string of the molecule is Cc1cccc(Cc2nnc(CNC(C)(C)C)o2)c1. The lowest BCUT2D eigenvalue weighted by molar-refractivity contribution is 0.373. The van der Waals surface area contributed by atoms with Crippen LogP contribution in [0.2, 0.25) is 0 Å². The second kappa shape index (κ2) is 5.53. The van der Waals surface area contributed by atoms with Gasteiger partial charge in [0.2, 0.25) is 11.8 Å². The summed E-state index contributed by atoms with van der Waals surface area (Å²) < 4.78 is 5.64. The van der Waals surface area contributed by atoms with Crippen molar-refractivity contribution in [2.75, 3.05) is 0 Å². The Balaban J connectivity index is 1.97. The molecule has 1 heterocycles. The van der Waals surface area contributed by atoms with Gasteiger partial charge in [-0.15, -0.1) is 10.2 Å². The standard InChI is InChI=1S/C15H21N3O/c1-11-6-5-7-12(8-11)9-13-17-18-14(19-13)10-16-15(2,3)4/h5-8,16H,9-10H2,1-4H3. The van der Waals surface area contributed by atoms with Crippen molar-refractivity contribution in [2.45, 2.75) is 46.2 Å². The Morgan fingerprint density at radius 1 is 1.16 bits per heavy atom. The van der Waals surface area contributed by atoms with Gasteiger partial charge >= 0.3 is 0 Å². The van der Waals surface area contributed by atoms with Crippen molar-refractivity contribution in [1.29, 1.82) is 0 Å². The van der Waals surface area contributed by atoms with Gasteiger partial charge in [0.05, 0.1) is 13.0 Å². The third-order valence-corrected chi connectivity index (χ3v) is 2.72. The molecule has 0 atom stereocenters. The molecule has 4 nitrogen and oxygen atoms in total. The number of nitrogens with zero attached hydrogens (tertiary/aromatic N) is 2. The summed E-state index contributed by atoms with van der Waals surface area (Å²) in [5, 5.41) is 11.5. The van der Waals surface area contributed by atoms with Gasteiger partial charge in [-0.3, -0.25) is 0 Å². The first-order chi connectivity index (χ1) is 8.92. The maximum absolute atomic E-state index is 5.64. The maximum Gasteiger partial charge on any atom is 0.230 e. The fourth-order valence-electron chi connectivity index (χ4n) is 1.77. The average molecular weight is 259 g/mol. The molecule has 0 unspecified atom stereocenters. The molecule has 0 aliphatic heterocycles. The van der Waals surface area contributed by atoms with E-state index in [1.54, 1.807) is 0 Å². The number of aryl methyl sites for hydroxylation is 1. The van der Waals surface area contributed by atoms with Crippen molar-refractivity contribution < 1.29 is 4.42 Å². The summed E-state index contributed by atoms with van der Waals surface area (Å²) in [5.41, 5.74) is 2.48. The molecular weight excluding hydrogens is 238 g/mol. The topological polar surface area (TPSA) is 51.0 Å². The molecule has 1 aromatic carbocycles. The Bertz CT molecular complexity index is 540. The van der Waals surface area contributed by atoms with Crippen LogP contribution in [0.5, 0.6) is 0 Å². The van der Waals surface area contributed by atoms with Crippen molar-refractivity contribution in [3.63, 3.8) is 0 Å². The molecule has 2 rings (SSSR count). The molecule has 0 radical (unpaired) electrons. The van der Waals surface area contributed by atoms with E-state index in [9.17, 15) is 0 Å². The van der Waals surface area contributed by atoms with Gasteiger partial charge in [-0.05, 0) is 33.3 Å². The van der Waals surface area contributed by atoms with Gasteiger partial charge < -0.3 is 9.73 Å². The lowest BCUT2D eigenvalue weighted by Crippen LogP contribution is -2.35. The second-order valence-corrected chi connectivity index (χ2v) is 5.86. The first-order valence-electron chi connectivity index (χ1n) is 6.54. The van der Waals surface area contributed by atoms with E-state index in [-0.39, 0.29) is 5.54 Å². The van der Waals surface area contributed by atoms with Crippen LogP contribution in [0.1, 0.15) is 43.7 Å². The number of hydrogen-bond acceptors (Lipinski definition) is 4. The normalized spacial score (nSPS) is 11.8. The maximum atomic E-state index is 5.64. The Hall–Kier alpha value is -1.68. The lowest BCUT2D eigenvalue weighted by atomic mass is 10.1. The molecule has 0 saturated heterocycles. The molecule has 0 saturated carbocycles. The number of rotatable bonds is 4. The van der Waals surface area contributed by atoms with Crippen LogP contribution in [0.4, 0.5) is 0 Å². The molecule has 0 spiro atoms. The third kappa shape index (κ3) is 4.48. The van der Waals surface area contributed by atoms with E-state index in [0.717, 1.165) is 0 Å². The van der Waals surface area contributed by atoms with Crippen molar-refractivity contribution in [1.82, 2.24) is 15.5 Å². The van der Waals surface area contributed by atoms with E-state index in [1.807, 2.05) is 6.07 Å². The summed E-state index contributed by atoms with van der Waals surface area (Å²) in [7, 11) is 0. The van der Waals surface area contributed by atoms with E-state index >= 15 is 0 Å².